The first-order valence-corrected chi connectivity index (χ1v) is 26.0. The molecule has 0 aromatic heterocycles. The molecule has 6 rings (SSSR count). The number of allylic oxidation sites excluding steroid dienone is 2. The van der Waals surface area contributed by atoms with Crippen molar-refractivity contribution in [3.05, 3.63) is 128 Å². The third-order valence-electron chi connectivity index (χ3n) is 10.2. The van der Waals surface area contributed by atoms with Gasteiger partial charge in [0.05, 0.1) is 0 Å². The van der Waals surface area contributed by atoms with Gasteiger partial charge in [-0.3, -0.25) is 0 Å². The molecule has 16 heteroatoms. The second kappa shape index (κ2) is 16.5. The van der Waals surface area contributed by atoms with E-state index >= 15 is 0 Å². The zero-order valence-corrected chi connectivity index (χ0v) is 34.9. The Morgan fingerprint density at radius 3 is 1.14 bits per heavy atom. The molecule has 0 aliphatic heterocycles. The van der Waals surface area contributed by atoms with Gasteiger partial charge in [0.1, 0.15) is 0 Å². The van der Waals surface area contributed by atoms with Gasteiger partial charge in [0.15, 0.2) is 0 Å². The van der Waals surface area contributed by atoms with Crippen LogP contribution in [0.2, 0.25) is 13.1 Å². The Hall–Kier alpha value is -2.80. The largest absolute Gasteiger partial charge is 1.00 e. The van der Waals surface area contributed by atoms with E-state index in [-0.39, 0.29) is 66.5 Å². The number of hydrogen-bond acceptors (Lipinski definition) is 0. The molecule has 4 aromatic rings. The minimum absolute atomic E-state index is 0. The Bertz CT molecular complexity index is 2090. The van der Waals surface area contributed by atoms with Crippen molar-refractivity contribution < 1.29 is 97.9 Å². The molecule has 2 aliphatic rings. The van der Waals surface area contributed by atoms with Crippen LogP contribution in [0.1, 0.15) is 78.4 Å². The quantitative estimate of drug-likeness (QED) is 0.135. The molecule has 0 amide bonds. The molecule has 0 radical (unpaired) electrons. The summed E-state index contributed by atoms with van der Waals surface area (Å²) in [6.45, 7) is 8.20. The SMILES string of the molecule is CCC1=Cc2c(-c3ccc(C(F)(F)F)cc3C(F)(F)F)cccc2[CH]1[Zr+2]([CH]1C(CC)=Cc2c(-c3ccc(C(F)(F)F)cc3C(F)(F)F)cccc21)=[Si](C)C.[Cl-].[Cl-]. The van der Waals surface area contributed by atoms with Crippen molar-refractivity contribution in [2.75, 3.05) is 0 Å². The monoisotopic (exact) mass is 928 g/mol. The van der Waals surface area contributed by atoms with Crippen LogP contribution < -0.4 is 24.8 Å². The molecule has 0 saturated carbocycles. The molecule has 0 spiro atoms. The van der Waals surface area contributed by atoms with Gasteiger partial charge in [0, 0.05) is 0 Å². The third-order valence-corrected chi connectivity index (χ3v) is 29.7. The van der Waals surface area contributed by atoms with Crippen LogP contribution in [0.15, 0.2) is 83.9 Å². The molecule has 4 aromatic carbocycles. The molecule has 298 valence electrons. The Morgan fingerprint density at radius 1 is 0.500 bits per heavy atom. The minimum atomic E-state index is -5.08. The summed E-state index contributed by atoms with van der Waals surface area (Å²) in [7, 11) is 0. The normalized spacial score (nSPS) is 16.5. The Kier molecular flexibility index (Phi) is 13.5. The van der Waals surface area contributed by atoms with Crippen molar-refractivity contribution in [1.29, 1.82) is 0 Å². The van der Waals surface area contributed by atoms with E-state index in [0.717, 1.165) is 34.4 Å². The fourth-order valence-electron chi connectivity index (χ4n) is 7.87. The van der Waals surface area contributed by atoms with Crippen molar-refractivity contribution in [2.45, 2.75) is 71.7 Å². The molecule has 2 atom stereocenters. The molecule has 2 aliphatic carbocycles. The van der Waals surface area contributed by atoms with Gasteiger partial charge < -0.3 is 24.8 Å². The number of alkyl halides is 12. The van der Waals surface area contributed by atoms with E-state index in [1.807, 2.05) is 38.1 Å². The molecule has 0 N–H and O–H groups in total. The van der Waals surface area contributed by atoms with E-state index in [2.05, 4.69) is 13.1 Å². The van der Waals surface area contributed by atoms with Crippen LogP contribution in [0.3, 0.4) is 0 Å². The van der Waals surface area contributed by atoms with Gasteiger partial charge >= 0.3 is 313 Å². The summed E-state index contributed by atoms with van der Waals surface area (Å²) in [5.41, 5.74) is -2.62. The average Bonchev–Trinajstić information content (AvgIpc) is 3.65. The molecule has 0 heterocycles. The van der Waals surface area contributed by atoms with E-state index in [9.17, 15) is 52.7 Å². The summed E-state index contributed by atoms with van der Waals surface area (Å²) in [5, 5.41) is 0. The first-order valence-electron chi connectivity index (χ1n) is 17.0. The van der Waals surface area contributed by atoms with E-state index in [4.69, 9.17) is 0 Å². The summed E-state index contributed by atoms with van der Waals surface area (Å²) in [6.07, 6.45) is -15.3. The standard InChI is InChI=1S/2C19H13F6.C2H6Si.2ClH.Zr/c2*1-2-11-8-12-4-3-5-14(16(12)9-11)15-7-6-13(18(20,21)22)10-17(15)19(23,24)25;1-3-2;;;/h2*3-10H,2H2,1H3;1-2H3;2*1H;/q;;;;;+2/p-2. The summed E-state index contributed by atoms with van der Waals surface area (Å²) in [6, 6.07) is 13.2. The molecule has 0 nitrogen and oxygen atoms in total. The van der Waals surface area contributed by atoms with Gasteiger partial charge in [0.25, 0.3) is 0 Å². The van der Waals surface area contributed by atoms with Crippen LogP contribution in [0.4, 0.5) is 52.7 Å². The van der Waals surface area contributed by atoms with E-state index in [1.165, 1.54) is 12.1 Å². The van der Waals surface area contributed by atoms with Crippen LogP contribution in [0.25, 0.3) is 34.4 Å². The summed E-state index contributed by atoms with van der Waals surface area (Å²) in [4.78, 5) is 0. The zero-order valence-electron chi connectivity index (χ0n) is 29.9. The second-order valence-electron chi connectivity index (χ2n) is 13.6. The van der Waals surface area contributed by atoms with Gasteiger partial charge in [-0.15, -0.1) is 0 Å². The van der Waals surface area contributed by atoms with Gasteiger partial charge in [-0.2, -0.15) is 0 Å². The molecular weight excluding hydrogens is 899 g/mol. The maximum absolute atomic E-state index is 14.4. The third kappa shape index (κ3) is 8.50. The van der Waals surface area contributed by atoms with Crippen molar-refractivity contribution in [2.24, 2.45) is 0 Å². The maximum atomic E-state index is 14.4. The maximum Gasteiger partial charge on any atom is -1.00 e. The number of rotatable bonds is 6. The Balaban J connectivity index is 0.00000348. The first kappa shape index (κ1) is 45.9. The van der Waals surface area contributed by atoms with Gasteiger partial charge in [-0.1, -0.05) is 0 Å². The van der Waals surface area contributed by atoms with Crippen LogP contribution in [-0.4, -0.2) is 5.43 Å². The molecule has 2 unspecified atom stereocenters. The van der Waals surface area contributed by atoms with Crippen molar-refractivity contribution in [1.82, 2.24) is 0 Å². The van der Waals surface area contributed by atoms with Crippen LogP contribution in [0.5, 0.6) is 0 Å². The molecule has 0 saturated heterocycles. The van der Waals surface area contributed by atoms with Crippen molar-refractivity contribution in [3.8, 4) is 22.3 Å². The first-order chi connectivity index (χ1) is 25.1. The number of hydrogen-bond donors (Lipinski definition) is 0. The molecule has 56 heavy (non-hydrogen) atoms. The topological polar surface area (TPSA) is 0 Å². The Morgan fingerprint density at radius 2 is 0.857 bits per heavy atom. The predicted octanol–water partition coefficient (Wildman–Crippen LogP) is 8.37. The summed E-state index contributed by atoms with van der Waals surface area (Å²) >= 11 is -3.03. The zero-order chi connectivity index (χ0) is 39.7. The van der Waals surface area contributed by atoms with Crippen molar-refractivity contribution >= 4 is 17.6 Å². The smallest absolute Gasteiger partial charge is 1.00 e. The van der Waals surface area contributed by atoms with E-state index < -0.39 is 72.8 Å². The summed E-state index contributed by atoms with van der Waals surface area (Å²) < 4.78 is 167. The van der Waals surface area contributed by atoms with Gasteiger partial charge in [-0.05, 0) is 0 Å². The minimum Gasteiger partial charge on any atom is -1.00 e. The Labute approximate surface area is 336 Å². The van der Waals surface area contributed by atoms with E-state index in [0.29, 0.717) is 36.1 Å². The van der Waals surface area contributed by atoms with Gasteiger partial charge in [-0.25, -0.2) is 0 Å². The summed E-state index contributed by atoms with van der Waals surface area (Å²) in [5.74, 6) is 0. The van der Waals surface area contributed by atoms with Crippen LogP contribution in [-0.2, 0) is 45.1 Å². The number of halogens is 14. The number of fused-ring (bicyclic) bond motifs is 2. The van der Waals surface area contributed by atoms with E-state index in [1.54, 1.807) is 12.1 Å². The number of benzene rings is 4. The molecular formula is C40H32Cl2F12SiZr. The fraction of sp³-hybridized carbons (Fsp3) is 0.300. The van der Waals surface area contributed by atoms with Crippen molar-refractivity contribution in [3.63, 3.8) is 0 Å². The fourth-order valence-corrected chi connectivity index (χ4v) is 28.7. The average molecular weight is 931 g/mol. The molecule has 0 bridgehead atoms. The van der Waals surface area contributed by atoms with Crippen LogP contribution in [0, 0.1) is 0 Å². The molecule has 0 fully saturated rings. The predicted molar refractivity (Wildman–Crippen MR) is 183 cm³/mol. The van der Waals surface area contributed by atoms with Gasteiger partial charge in [0.2, 0.25) is 0 Å². The van der Waals surface area contributed by atoms with Crippen LogP contribution >= 0.6 is 0 Å². The second-order valence-corrected chi connectivity index (χ2v) is 31.5.